The van der Waals surface area contributed by atoms with E-state index in [0.29, 0.717) is 33.8 Å². The van der Waals surface area contributed by atoms with E-state index in [9.17, 15) is 14.4 Å². The molecule has 0 aromatic heterocycles. The van der Waals surface area contributed by atoms with Crippen LogP contribution in [0.3, 0.4) is 0 Å². The molecule has 3 rings (SSSR count). The van der Waals surface area contributed by atoms with Crippen LogP contribution in [0.5, 0.6) is 17.2 Å². The van der Waals surface area contributed by atoms with Gasteiger partial charge in [-0.2, -0.15) is 0 Å². The Morgan fingerprint density at radius 3 is 1.11 bits per heavy atom. The first-order valence-electron chi connectivity index (χ1n) is 13.4. The zero-order valence-electron chi connectivity index (χ0n) is 24.9. The predicted molar refractivity (Wildman–Crippen MR) is 161 cm³/mol. The van der Waals surface area contributed by atoms with Gasteiger partial charge in [0.05, 0.1) is 5.92 Å². The first kappa shape index (κ1) is 33.8. The topological polar surface area (TPSA) is 214 Å². The van der Waals surface area contributed by atoms with Crippen LogP contribution in [-0.4, -0.2) is 38.1 Å². The maximum atomic E-state index is 12.5. The Hall–Kier alpha value is -6.66. The predicted octanol–water partition coefficient (Wildman–Crippen LogP) is 5.85. The van der Waals surface area contributed by atoms with Crippen molar-refractivity contribution >= 4 is 35.3 Å². The zero-order chi connectivity index (χ0) is 33.5. The maximum Gasteiger partial charge on any atom is 0.411 e. The van der Waals surface area contributed by atoms with Gasteiger partial charge in [0.1, 0.15) is 37.1 Å². The Bertz CT molecular complexity index is 1510. The molecule has 0 fully saturated rings. The largest absolute Gasteiger partial charge is 0.449 e. The molecule has 0 bridgehead atoms. The minimum absolute atomic E-state index is 0.247. The molecule has 0 spiro atoms. The molecule has 15 heteroatoms. The van der Waals surface area contributed by atoms with E-state index in [4.69, 9.17) is 44.2 Å². The summed E-state index contributed by atoms with van der Waals surface area (Å²) in [5, 5.41) is 33.9. The summed E-state index contributed by atoms with van der Waals surface area (Å²) < 4.78 is 30.4. The molecule has 0 aliphatic carbocycles. The normalized spacial score (nSPS) is 9.85. The van der Waals surface area contributed by atoms with Crippen LogP contribution in [0.4, 0.5) is 31.4 Å². The number of amides is 3. The highest BCUT2D eigenvalue weighted by Crippen LogP contribution is 2.25. The third-order valence-electron chi connectivity index (χ3n) is 6.12. The van der Waals surface area contributed by atoms with Gasteiger partial charge in [0.25, 0.3) is 18.8 Å². The van der Waals surface area contributed by atoms with Crippen LogP contribution in [0.25, 0.3) is 0 Å². The standard InChI is InChI=1S/C31H28N6O9/c1-19-4-7-23(10-26(19)44-16-32)35-29(38)41-13-22(14-42-30(39)36-24-8-5-20(2)27(11-24)45-17-33)15-43-31(40)37-25-9-6-21(3)28(12-25)46-18-34/h4-12,22H,13-15H2,1-3H3,(H,35,38)(H,36,39)(H,37,40). The number of nitriles is 3. The minimum atomic E-state index is -0.875. The van der Waals surface area contributed by atoms with Gasteiger partial charge in [-0.3, -0.25) is 16.0 Å². The smallest absolute Gasteiger partial charge is 0.411 e. The number of rotatable bonds is 12. The lowest BCUT2D eigenvalue weighted by molar-refractivity contribution is 0.0610. The van der Waals surface area contributed by atoms with Crippen molar-refractivity contribution in [2.45, 2.75) is 20.8 Å². The summed E-state index contributed by atoms with van der Waals surface area (Å²) in [6, 6.07) is 14.0. The summed E-state index contributed by atoms with van der Waals surface area (Å²) in [6.07, 6.45) is 2.08. The van der Waals surface area contributed by atoms with Crippen LogP contribution in [-0.2, 0) is 14.2 Å². The fraction of sp³-hybridized carbons (Fsp3) is 0.226. The number of carbonyl (C=O) groups is 3. The molecule has 3 N–H and O–H groups in total. The van der Waals surface area contributed by atoms with Crippen LogP contribution < -0.4 is 30.2 Å². The minimum Gasteiger partial charge on any atom is -0.449 e. The van der Waals surface area contributed by atoms with Gasteiger partial charge in [-0.05, 0) is 55.7 Å². The van der Waals surface area contributed by atoms with Crippen molar-refractivity contribution in [1.82, 2.24) is 0 Å². The fourth-order valence-corrected chi connectivity index (χ4v) is 3.70. The number of nitrogens with one attached hydrogen (secondary N) is 3. The van der Waals surface area contributed by atoms with Crippen molar-refractivity contribution in [3.63, 3.8) is 0 Å². The molecule has 0 heterocycles. The van der Waals surface area contributed by atoms with Crippen molar-refractivity contribution in [3.8, 4) is 36.0 Å². The Balaban J connectivity index is 1.63. The molecule has 3 aromatic carbocycles. The third-order valence-corrected chi connectivity index (χ3v) is 6.12. The van der Waals surface area contributed by atoms with Crippen LogP contribution in [0, 0.1) is 61.2 Å². The van der Waals surface area contributed by atoms with Crippen molar-refractivity contribution in [2.75, 3.05) is 35.8 Å². The van der Waals surface area contributed by atoms with Gasteiger partial charge in [0.2, 0.25) is 0 Å². The van der Waals surface area contributed by atoms with Gasteiger partial charge in [-0.25, -0.2) is 14.4 Å². The molecule has 0 aliphatic heterocycles. The van der Waals surface area contributed by atoms with Crippen molar-refractivity contribution in [2.24, 2.45) is 5.92 Å². The summed E-state index contributed by atoms with van der Waals surface area (Å²) in [5.74, 6) is -0.0749. The summed E-state index contributed by atoms with van der Waals surface area (Å²) in [4.78, 5) is 37.5. The molecule has 0 radical (unpaired) electrons. The van der Waals surface area contributed by atoms with Gasteiger partial charge in [-0.1, -0.05) is 18.2 Å². The highest BCUT2D eigenvalue weighted by Gasteiger charge is 2.19. The van der Waals surface area contributed by atoms with E-state index in [1.165, 1.54) is 18.2 Å². The van der Waals surface area contributed by atoms with Gasteiger partial charge < -0.3 is 28.4 Å². The molecule has 236 valence electrons. The molecule has 0 atom stereocenters. The summed E-state index contributed by atoms with van der Waals surface area (Å²) >= 11 is 0. The van der Waals surface area contributed by atoms with E-state index in [2.05, 4.69) is 16.0 Å². The van der Waals surface area contributed by atoms with E-state index in [1.54, 1.807) is 75.9 Å². The lowest BCUT2D eigenvalue weighted by atomic mass is 10.2. The first-order chi connectivity index (χ1) is 22.1. The second-order valence-electron chi connectivity index (χ2n) is 9.56. The molecular formula is C31H28N6O9. The van der Waals surface area contributed by atoms with Crippen LogP contribution in [0.1, 0.15) is 16.7 Å². The molecular weight excluding hydrogens is 600 g/mol. The van der Waals surface area contributed by atoms with E-state index in [-0.39, 0.29) is 37.1 Å². The SMILES string of the molecule is Cc1ccc(NC(=O)OCC(COC(=O)Nc2ccc(C)c(OC#N)c2)COC(=O)Nc2ccc(C)c(OC#N)c2)cc1OC#N. The summed E-state index contributed by atoms with van der Waals surface area (Å²) in [6.45, 7) is 4.16. The quantitative estimate of drug-likeness (QED) is 0.159. The molecule has 15 nitrogen and oxygen atoms in total. The Kier molecular flexibility index (Phi) is 12.4. The number of aryl methyl sites for hydroxylation is 3. The average molecular weight is 629 g/mol. The lowest BCUT2D eigenvalue weighted by Crippen LogP contribution is -2.29. The number of ether oxygens (including phenoxy) is 6. The highest BCUT2D eigenvalue weighted by atomic mass is 16.6. The Morgan fingerprint density at radius 1 is 0.565 bits per heavy atom. The zero-order valence-corrected chi connectivity index (χ0v) is 24.9. The molecule has 3 aromatic rings. The highest BCUT2D eigenvalue weighted by molar-refractivity contribution is 5.86. The van der Waals surface area contributed by atoms with E-state index < -0.39 is 24.2 Å². The molecule has 0 unspecified atom stereocenters. The molecule has 3 amide bonds. The van der Waals surface area contributed by atoms with Gasteiger partial charge in [-0.15, -0.1) is 15.8 Å². The Labute approximate surface area is 263 Å². The summed E-state index contributed by atoms with van der Waals surface area (Å²) in [7, 11) is 0. The molecule has 0 saturated heterocycles. The van der Waals surface area contributed by atoms with Crippen LogP contribution in [0.15, 0.2) is 54.6 Å². The number of anilines is 3. The maximum absolute atomic E-state index is 12.5. The lowest BCUT2D eigenvalue weighted by Gasteiger charge is -2.18. The third kappa shape index (κ3) is 10.6. The number of hydrogen-bond donors (Lipinski definition) is 3. The molecule has 0 saturated carbocycles. The Morgan fingerprint density at radius 2 is 0.848 bits per heavy atom. The van der Waals surface area contributed by atoms with E-state index in [1.807, 2.05) is 0 Å². The monoisotopic (exact) mass is 628 g/mol. The first-order valence-corrected chi connectivity index (χ1v) is 13.4. The number of hydrogen-bond acceptors (Lipinski definition) is 12. The van der Waals surface area contributed by atoms with Gasteiger partial charge in [0.15, 0.2) is 0 Å². The molecule has 0 aliphatic rings. The van der Waals surface area contributed by atoms with Crippen molar-refractivity contribution in [3.05, 3.63) is 71.3 Å². The average Bonchev–Trinajstić information content (AvgIpc) is 3.02. The number of benzene rings is 3. The molecule has 46 heavy (non-hydrogen) atoms. The second-order valence-corrected chi connectivity index (χ2v) is 9.56. The second kappa shape index (κ2) is 16.8. The van der Waals surface area contributed by atoms with Gasteiger partial charge in [0, 0.05) is 35.3 Å². The fourth-order valence-electron chi connectivity index (χ4n) is 3.70. The van der Waals surface area contributed by atoms with E-state index >= 15 is 0 Å². The van der Waals surface area contributed by atoms with Crippen LogP contribution >= 0.6 is 0 Å². The number of nitrogens with zero attached hydrogens (tertiary/aromatic N) is 3. The van der Waals surface area contributed by atoms with Crippen LogP contribution in [0.2, 0.25) is 0 Å². The van der Waals surface area contributed by atoms with Crippen molar-refractivity contribution in [1.29, 1.82) is 15.8 Å². The van der Waals surface area contributed by atoms with Crippen molar-refractivity contribution < 1.29 is 42.8 Å². The van der Waals surface area contributed by atoms with E-state index in [0.717, 1.165) is 0 Å². The summed E-state index contributed by atoms with van der Waals surface area (Å²) in [5.41, 5.74) is 2.89. The van der Waals surface area contributed by atoms with Gasteiger partial charge >= 0.3 is 18.3 Å². The number of carbonyl (C=O) groups excluding carboxylic acids is 3.